The minimum Gasteiger partial charge on any atom is -0.479 e. The van der Waals surface area contributed by atoms with Crippen molar-refractivity contribution in [1.82, 2.24) is 4.90 Å². The van der Waals surface area contributed by atoms with Crippen LogP contribution in [-0.2, 0) is 19.7 Å². The van der Waals surface area contributed by atoms with Gasteiger partial charge in [0, 0.05) is 12.2 Å². The average Bonchev–Trinajstić information content (AvgIpc) is 3.29. The molecule has 2 fully saturated rings. The lowest BCUT2D eigenvalue weighted by Crippen LogP contribution is -2.51. The molecule has 1 saturated heterocycles. The van der Waals surface area contributed by atoms with Gasteiger partial charge in [-0.05, 0) is 30.5 Å². The van der Waals surface area contributed by atoms with Crippen LogP contribution in [0.2, 0.25) is 0 Å². The van der Waals surface area contributed by atoms with Gasteiger partial charge in [0.05, 0.1) is 18.6 Å². The number of anilines is 1. The summed E-state index contributed by atoms with van der Waals surface area (Å²) in [4.78, 5) is 25.4. The maximum absolute atomic E-state index is 12.8. The second-order valence-electron chi connectivity index (χ2n) is 5.65. The molecule has 1 aromatic carbocycles. The number of nitrogens with two attached hydrogens (primary N) is 1. The van der Waals surface area contributed by atoms with Crippen LogP contribution in [0.3, 0.4) is 0 Å². The second kappa shape index (κ2) is 5.04. The van der Waals surface area contributed by atoms with Crippen LogP contribution in [0.1, 0.15) is 18.4 Å². The van der Waals surface area contributed by atoms with Crippen molar-refractivity contribution in [3.05, 3.63) is 29.8 Å². The van der Waals surface area contributed by atoms with Crippen molar-refractivity contribution in [2.45, 2.75) is 24.4 Å². The Kier molecular flexibility index (Phi) is 3.33. The molecule has 2 aliphatic rings. The highest BCUT2D eigenvalue weighted by atomic mass is 16.5. The van der Waals surface area contributed by atoms with Crippen molar-refractivity contribution in [3.63, 3.8) is 0 Å². The normalized spacial score (nSPS) is 23.6. The third-order valence-electron chi connectivity index (χ3n) is 4.25. The van der Waals surface area contributed by atoms with Crippen LogP contribution in [-0.4, -0.2) is 47.7 Å². The summed E-state index contributed by atoms with van der Waals surface area (Å²) in [5.41, 5.74) is 6.82. The summed E-state index contributed by atoms with van der Waals surface area (Å²) in [6, 6.07) is 7.36. The number of rotatable bonds is 3. The Balaban J connectivity index is 1.78. The molecule has 1 aliphatic carbocycles. The van der Waals surface area contributed by atoms with E-state index in [0.717, 1.165) is 18.4 Å². The third-order valence-corrected chi connectivity index (χ3v) is 4.25. The van der Waals surface area contributed by atoms with Crippen molar-refractivity contribution in [2.24, 2.45) is 0 Å². The van der Waals surface area contributed by atoms with E-state index in [9.17, 15) is 9.59 Å². The van der Waals surface area contributed by atoms with Crippen LogP contribution in [0.4, 0.5) is 5.69 Å². The molecule has 1 saturated carbocycles. The quantitative estimate of drug-likeness (QED) is 0.796. The highest BCUT2D eigenvalue weighted by Gasteiger charge is 2.53. The van der Waals surface area contributed by atoms with Crippen molar-refractivity contribution < 1.29 is 19.4 Å². The Hall–Kier alpha value is -2.08. The first-order valence-corrected chi connectivity index (χ1v) is 7.03. The highest BCUT2D eigenvalue weighted by Crippen LogP contribution is 2.49. The largest absolute Gasteiger partial charge is 0.479 e. The Bertz CT molecular complexity index is 566. The van der Waals surface area contributed by atoms with Gasteiger partial charge < -0.3 is 20.5 Å². The van der Waals surface area contributed by atoms with Gasteiger partial charge in [-0.2, -0.15) is 0 Å². The SMILES string of the molecule is Nc1ccc(C2(C(=O)N3CCOC(C(=O)O)C3)CC2)cc1. The van der Waals surface area contributed by atoms with Crippen molar-refractivity contribution in [2.75, 3.05) is 25.4 Å². The zero-order chi connectivity index (χ0) is 15.0. The smallest absolute Gasteiger partial charge is 0.334 e. The van der Waals surface area contributed by atoms with Crippen LogP contribution >= 0.6 is 0 Å². The monoisotopic (exact) mass is 290 g/mol. The molecule has 112 valence electrons. The Morgan fingerprint density at radius 3 is 2.52 bits per heavy atom. The van der Waals surface area contributed by atoms with E-state index < -0.39 is 17.5 Å². The van der Waals surface area contributed by atoms with Crippen LogP contribution < -0.4 is 5.73 Å². The fraction of sp³-hybridized carbons (Fsp3) is 0.467. The molecule has 0 bridgehead atoms. The number of carbonyl (C=O) groups is 2. The fourth-order valence-corrected chi connectivity index (χ4v) is 2.84. The van der Waals surface area contributed by atoms with Crippen LogP contribution in [0, 0.1) is 0 Å². The maximum atomic E-state index is 12.8. The number of nitrogens with zero attached hydrogens (tertiary/aromatic N) is 1. The molecule has 1 aliphatic heterocycles. The van der Waals surface area contributed by atoms with Crippen molar-refractivity contribution in [1.29, 1.82) is 0 Å². The van der Waals surface area contributed by atoms with Gasteiger partial charge in [-0.25, -0.2) is 4.79 Å². The van der Waals surface area contributed by atoms with Gasteiger partial charge in [0.1, 0.15) is 0 Å². The van der Waals surface area contributed by atoms with E-state index in [2.05, 4.69) is 0 Å². The van der Waals surface area contributed by atoms with Crippen molar-refractivity contribution in [3.8, 4) is 0 Å². The minimum atomic E-state index is -1.02. The number of aliphatic carboxylic acids is 1. The van der Waals surface area contributed by atoms with Gasteiger partial charge >= 0.3 is 5.97 Å². The number of carboxylic acids is 1. The fourth-order valence-electron chi connectivity index (χ4n) is 2.84. The molecule has 1 unspecified atom stereocenters. The number of carbonyl (C=O) groups excluding carboxylic acids is 1. The summed E-state index contributed by atoms with van der Waals surface area (Å²) in [6.45, 7) is 0.824. The van der Waals surface area contributed by atoms with Gasteiger partial charge in [0.25, 0.3) is 0 Å². The molecule has 1 heterocycles. The van der Waals surface area contributed by atoms with E-state index in [1.54, 1.807) is 17.0 Å². The first-order chi connectivity index (χ1) is 10.0. The molecule has 1 aromatic rings. The summed E-state index contributed by atoms with van der Waals surface area (Å²) in [5.74, 6) is -1.02. The number of hydrogen-bond donors (Lipinski definition) is 2. The Morgan fingerprint density at radius 1 is 1.29 bits per heavy atom. The molecule has 6 nitrogen and oxygen atoms in total. The number of amides is 1. The summed E-state index contributed by atoms with van der Waals surface area (Å²) in [6.07, 6.45) is 0.667. The molecular weight excluding hydrogens is 272 g/mol. The van der Waals surface area contributed by atoms with Gasteiger partial charge in [-0.3, -0.25) is 4.79 Å². The van der Waals surface area contributed by atoms with Gasteiger partial charge in [0.2, 0.25) is 5.91 Å². The van der Waals surface area contributed by atoms with Gasteiger partial charge in [-0.1, -0.05) is 12.1 Å². The van der Waals surface area contributed by atoms with Crippen LogP contribution in [0.25, 0.3) is 0 Å². The van der Waals surface area contributed by atoms with E-state index in [-0.39, 0.29) is 19.1 Å². The topological polar surface area (TPSA) is 92.9 Å². The number of benzene rings is 1. The molecular formula is C15H18N2O4. The average molecular weight is 290 g/mol. The molecule has 21 heavy (non-hydrogen) atoms. The predicted molar refractivity (Wildman–Crippen MR) is 75.7 cm³/mol. The zero-order valence-electron chi connectivity index (χ0n) is 11.6. The van der Waals surface area contributed by atoms with Crippen LogP contribution in [0.15, 0.2) is 24.3 Å². The molecule has 0 radical (unpaired) electrons. The third kappa shape index (κ3) is 2.47. The molecule has 3 rings (SSSR count). The molecule has 0 aromatic heterocycles. The summed E-state index contributed by atoms with van der Waals surface area (Å²) in [7, 11) is 0. The van der Waals surface area contributed by atoms with Gasteiger partial charge in [-0.15, -0.1) is 0 Å². The number of ether oxygens (including phenoxy) is 1. The molecule has 0 spiro atoms. The Labute approximate surface area is 122 Å². The second-order valence-corrected chi connectivity index (χ2v) is 5.65. The first-order valence-electron chi connectivity index (χ1n) is 7.03. The lowest BCUT2D eigenvalue weighted by Gasteiger charge is -2.33. The van der Waals surface area contributed by atoms with E-state index in [0.29, 0.717) is 12.2 Å². The van der Waals surface area contributed by atoms with E-state index in [1.807, 2.05) is 12.1 Å². The standard InChI is InChI=1S/C15H18N2O4/c16-11-3-1-10(2-4-11)15(5-6-15)14(20)17-7-8-21-12(9-17)13(18)19/h1-4,12H,5-9,16H2,(H,18,19). The van der Waals surface area contributed by atoms with E-state index in [1.165, 1.54) is 0 Å². The number of nitrogen functional groups attached to an aromatic ring is 1. The van der Waals surface area contributed by atoms with Crippen molar-refractivity contribution >= 4 is 17.6 Å². The lowest BCUT2D eigenvalue weighted by molar-refractivity contribution is -0.160. The van der Waals surface area contributed by atoms with E-state index >= 15 is 0 Å². The Morgan fingerprint density at radius 2 is 1.95 bits per heavy atom. The molecule has 1 amide bonds. The highest BCUT2D eigenvalue weighted by molar-refractivity contribution is 5.92. The molecule has 6 heteroatoms. The van der Waals surface area contributed by atoms with Crippen LogP contribution in [0.5, 0.6) is 0 Å². The zero-order valence-corrected chi connectivity index (χ0v) is 11.6. The summed E-state index contributed by atoms with van der Waals surface area (Å²) < 4.78 is 5.16. The maximum Gasteiger partial charge on any atom is 0.334 e. The summed E-state index contributed by atoms with van der Waals surface area (Å²) in [5, 5.41) is 9.03. The van der Waals surface area contributed by atoms with Gasteiger partial charge in [0.15, 0.2) is 6.10 Å². The molecule has 1 atom stereocenters. The minimum absolute atomic E-state index is 0.00169. The first kappa shape index (κ1) is 13.9. The number of carboxylic acid groups (broad SMARTS) is 1. The lowest BCUT2D eigenvalue weighted by atomic mass is 9.93. The number of morpholine rings is 1. The predicted octanol–water partition coefficient (Wildman–Crippen LogP) is 0.612. The molecule has 3 N–H and O–H groups in total. The summed E-state index contributed by atoms with van der Waals surface area (Å²) >= 11 is 0. The van der Waals surface area contributed by atoms with E-state index in [4.69, 9.17) is 15.6 Å². The number of hydrogen-bond acceptors (Lipinski definition) is 4.